The number of fused-ring (bicyclic) bond motifs is 1. The fraction of sp³-hybridized carbons (Fsp3) is 0.0870. The summed E-state index contributed by atoms with van der Waals surface area (Å²) in [5.41, 5.74) is 2.87. The van der Waals surface area contributed by atoms with Gasteiger partial charge in [0.15, 0.2) is 0 Å². The molecule has 0 unspecified atom stereocenters. The molecule has 2 N–H and O–H groups in total. The first kappa shape index (κ1) is 19.3. The number of aliphatic imine (C=N–C) groups is 1. The number of hydrogen-bond acceptors (Lipinski definition) is 3. The molecule has 3 aromatic carbocycles. The van der Waals surface area contributed by atoms with E-state index in [1.165, 1.54) is 23.1 Å². The quantitative estimate of drug-likeness (QED) is 0.700. The van der Waals surface area contributed by atoms with Crippen LogP contribution in [-0.2, 0) is 4.79 Å². The lowest BCUT2D eigenvalue weighted by molar-refractivity contribution is -0.119. The van der Waals surface area contributed by atoms with Crippen LogP contribution < -0.4 is 15.5 Å². The number of likely N-dealkylation sites (N-methyl/N-ethyl adjacent to an activating group) is 1. The molecular formula is C23H19FN4O2. The normalized spacial score (nSPS) is 15.7. The van der Waals surface area contributed by atoms with Crippen molar-refractivity contribution in [2.75, 3.05) is 17.3 Å². The molecule has 0 fully saturated rings. The highest BCUT2D eigenvalue weighted by molar-refractivity contribution is 6.20. The van der Waals surface area contributed by atoms with Gasteiger partial charge in [0.2, 0.25) is 6.17 Å². The second kappa shape index (κ2) is 8.16. The van der Waals surface area contributed by atoms with Crippen molar-refractivity contribution in [3.63, 3.8) is 0 Å². The van der Waals surface area contributed by atoms with Crippen LogP contribution in [0.2, 0.25) is 0 Å². The number of amides is 3. The van der Waals surface area contributed by atoms with E-state index < -0.39 is 23.9 Å². The minimum atomic E-state index is -1.18. The molecule has 150 valence electrons. The van der Waals surface area contributed by atoms with E-state index in [-0.39, 0.29) is 5.69 Å². The van der Waals surface area contributed by atoms with Crippen LogP contribution in [0.25, 0.3) is 0 Å². The van der Waals surface area contributed by atoms with Gasteiger partial charge in [0.25, 0.3) is 5.91 Å². The third kappa shape index (κ3) is 3.77. The average molecular weight is 402 g/mol. The maximum atomic E-state index is 13.8. The summed E-state index contributed by atoms with van der Waals surface area (Å²) < 4.78 is 13.8. The van der Waals surface area contributed by atoms with Crippen molar-refractivity contribution < 1.29 is 14.0 Å². The highest BCUT2D eigenvalue weighted by Gasteiger charge is 2.31. The van der Waals surface area contributed by atoms with Gasteiger partial charge < -0.3 is 15.5 Å². The molecule has 0 radical (unpaired) electrons. The van der Waals surface area contributed by atoms with Crippen LogP contribution in [0.1, 0.15) is 11.1 Å². The summed E-state index contributed by atoms with van der Waals surface area (Å²) >= 11 is 0. The Morgan fingerprint density at radius 2 is 1.63 bits per heavy atom. The molecule has 1 atom stereocenters. The van der Waals surface area contributed by atoms with E-state index in [9.17, 15) is 14.0 Å². The Balaban J connectivity index is 1.70. The number of carbonyl (C=O) groups is 2. The van der Waals surface area contributed by atoms with Crippen molar-refractivity contribution in [2.45, 2.75) is 6.17 Å². The molecule has 1 aliphatic heterocycles. The van der Waals surface area contributed by atoms with Gasteiger partial charge in [-0.1, -0.05) is 60.7 Å². The van der Waals surface area contributed by atoms with E-state index in [4.69, 9.17) is 0 Å². The topological polar surface area (TPSA) is 73.8 Å². The van der Waals surface area contributed by atoms with Gasteiger partial charge in [-0.2, -0.15) is 0 Å². The van der Waals surface area contributed by atoms with Gasteiger partial charge in [-0.05, 0) is 18.2 Å². The highest BCUT2D eigenvalue weighted by Crippen LogP contribution is 2.27. The number of hydrogen-bond donors (Lipinski definition) is 2. The molecule has 0 aliphatic carbocycles. The van der Waals surface area contributed by atoms with Crippen molar-refractivity contribution in [3.05, 3.63) is 95.8 Å². The maximum Gasteiger partial charge on any atom is 0.321 e. The molecule has 0 bridgehead atoms. The molecule has 7 heteroatoms. The molecule has 3 amide bonds. The minimum absolute atomic E-state index is 0.0139. The number of urea groups is 1. The lowest BCUT2D eigenvalue weighted by atomic mass is 10.0. The largest absolute Gasteiger partial charge is 0.321 e. The molecule has 4 rings (SSSR count). The Bertz CT molecular complexity index is 1130. The maximum absolute atomic E-state index is 13.8. The van der Waals surface area contributed by atoms with E-state index in [0.717, 1.165) is 11.1 Å². The highest BCUT2D eigenvalue weighted by atomic mass is 19.1. The molecule has 30 heavy (non-hydrogen) atoms. The van der Waals surface area contributed by atoms with Gasteiger partial charge in [0, 0.05) is 18.2 Å². The number of para-hydroxylation sites is 2. The SMILES string of the molecule is CN1C(=O)[C@@H](NC(=O)Nc2ccccc2F)N=C(c2ccccc2)c2ccccc21. The van der Waals surface area contributed by atoms with Crippen molar-refractivity contribution >= 4 is 29.0 Å². The number of anilines is 2. The van der Waals surface area contributed by atoms with Gasteiger partial charge in [-0.25, -0.2) is 14.2 Å². The first-order chi connectivity index (χ1) is 14.5. The van der Waals surface area contributed by atoms with Crippen LogP contribution in [0, 0.1) is 5.82 Å². The lowest BCUT2D eigenvalue weighted by Crippen LogP contribution is -2.47. The third-order valence-electron chi connectivity index (χ3n) is 4.78. The molecule has 3 aromatic rings. The molecule has 0 aromatic heterocycles. The summed E-state index contributed by atoms with van der Waals surface area (Å²) in [6.45, 7) is 0. The molecular weight excluding hydrogens is 383 g/mol. The van der Waals surface area contributed by atoms with Crippen LogP contribution >= 0.6 is 0 Å². The Kier molecular flexibility index (Phi) is 5.26. The number of carbonyl (C=O) groups excluding carboxylic acids is 2. The number of nitrogens with zero attached hydrogens (tertiary/aromatic N) is 2. The molecule has 1 heterocycles. The van der Waals surface area contributed by atoms with E-state index in [2.05, 4.69) is 15.6 Å². The van der Waals surface area contributed by atoms with E-state index in [1.54, 1.807) is 13.1 Å². The number of rotatable bonds is 3. The molecule has 0 spiro atoms. The van der Waals surface area contributed by atoms with Crippen LogP contribution in [0.3, 0.4) is 0 Å². The summed E-state index contributed by atoms with van der Waals surface area (Å²) in [7, 11) is 1.63. The van der Waals surface area contributed by atoms with Crippen molar-refractivity contribution in [3.8, 4) is 0 Å². The third-order valence-corrected chi connectivity index (χ3v) is 4.78. The van der Waals surface area contributed by atoms with E-state index >= 15 is 0 Å². The van der Waals surface area contributed by atoms with Crippen LogP contribution in [0.15, 0.2) is 83.9 Å². The molecule has 0 saturated carbocycles. The van der Waals surface area contributed by atoms with Gasteiger partial charge >= 0.3 is 6.03 Å². The first-order valence-electron chi connectivity index (χ1n) is 9.37. The Hall–Kier alpha value is -4.00. The van der Waals surface area contributed by atoms with E-state index in [0.29, 0.717) is 11.4 Å². The fourth-order valence-corrected chi connectivity index (χ4v) is 3.29. The number of halogens is 1. The predicted molar refractivity (Wildman–Crippen MR) is 114 cm³/mol. The van der Waals surface area contributed by atoms with Crippen LogP contribution in [0.5, 0.6) is 0 Å². The van der Waals surface area contributed by atoms with Crippen LogP contribution in [0.4, 0.5) is 20.6 Å². The molecule has 6 nitrogen and oxygen atoms in total. The summed E-state index contributed by atoms with van der Waals surface area (Å²) in [5.74, 6) is -0.977. The Labute approximate surface area is 173 Å². The summed E-state index contributed by atoms with van der Waals surface area (Å²) in [6, 6.07) is 21.9. The standard InChI is InChI=1S/C23H19FN4O2/c1-28-19-14-8-5-11-16(19)20(15-9-3-2-4-10-15)26-21(22(28)29)27-23(30)25-18-13-7-6-12-17(18)24/h2-14,21H,1H3,(H2,25,27,30)/t21-/m1/s1. The van der Waals surface area contributed by atoms with Gasteiger partial charge in [0.05, 0.1) is 17.1 Å². The fourth-order valence-electron chi connectivity index (χ4n) is 3.29. The van der Waals surface area contributed by atoms with Crippen molar-refractivity contribution in [2.24, 2.45) is 4.99 Å². The lowest BCUT2D eigenvalue weighted by Gasteiger charge is -2.21. The summed E-state index contributed by atoms with van der Waals surface area (Å²) in [5, 5.41) is 4.98. The van der Waals surface area contributed by atoms with Crippen molar-refractivity contribution in [1.82, 2.24) is 5.32 Å². The average Bonchev–Trinajstić information content (AvgIpc) is 2.87. The number of benzene rings is 3. The number of benzodiazepines with no additional fused rings is 1. The first-order valence-corrected chi connectivity index (χ1v) is 9.37. The predicted octanol–water partition coefficient (Wildman–Crippen LogP) is 3.79. The van der Waals surface area contributed by atoms with Crippen molar-refractivity contribution in [1.29, 1.82) is 0 Å². The smallest absolute Gasteiger partial charge is 0.311 e. The number of nitrogens with one attached hydrogen (secondary N) is 2. The summed E-state index contributed by atoms with van der Waals surface area (Å²) in [6.07, 6.45) is -1.18. The zero-order chi connectivity index (χ0) is 21.1. The second-order valence-corrected chi connectivity index (χ2v) is 6.74. The second-order valence-electron chi connectivity index (χ2n) is 6.74. The summed E-state index contributed by atoms with van der Waals surface area (Å²) in [4.78, 5) is 31.6. The van der Waals surface area contributed by atoms with Gasteiger partial charge in [0.1, 0.15) is 5.82 Å². The van der Waals surface area contributed by atoms with E-state index in [1.807, 2.05) is 54.6 Å². The zero-order valence-electron chi connectivity index (χ0n) is 16.2. The van der Waals surface area contributed by atoms with Gasteiger partial charge in [-0.15, -0.1) is 0 Å². The molecule has 0 saturated heterocycles. The minimum Gasteiger partial charge on any atom is -0.311 e. The molecule has 1 aliphatic rings. The Morgan fingerprint density at radius 3 is 2.40 bits per heavy atom. The monoisotopic (exact) mass is 402 g/mol. The zero-order valence-corrected chi connectivity index (χ0v) is 16.2. The van der Waals surface area contributed by atoms with Crippen LogP contribution in [-0.4, -0.2) is 30.9 Å². The Morgan fingerprint density at radius 1 is 0.967 bits per heavy atom. The van der Waals surface area contributed by atoms with Gasteiger partial charge in [-0.3, -0.25) is 4.79 Å².